The Hall–Kier alpha value is -0.340. The minimum atomic E-state index is 0.465. The van der Waals surface area contributed by atoms with Crippen molar-refractivity contribution in [2.75, 3.05) is 26.9 Å². The van der Waals surface area contributed by atoms with Crippen LogP contribution < -0.4 is 0 Å². The zero-order valence-corrected chi connectivity index (χ0v) is 6.38. The van der Waals surface area contributed by atoms with Gasteiger partial charge in [-0.25, -0.2) is 0 Å². The Labute approximate surface area is 61.8 Å². The zero-order valence-electron chi connectivity index (χ0n) is 6.38. The molecule has 0 radical (unpaired) electrons. The maximum Gasteiger partial charge on any atom is 0.0551 e. The predicted molar refractivity (Wildman–Crippen MR) is 39.9 cm³/mol. The van der Waals surface area contributed by atoms with E-state index in [2.05, 4.69) is 12.2 Å². The molecule has 10 heavy (non-hydrogen) atoms. The fourth-order valence-corrected chi connectivity index (χ4v) is 1.05. The van der Waals surface area contributed by atoms with E-state index < -0.39 is 0 Å². The van der Waals surface area contributed by atoms with E-state index >= 15 is 0 Å². The summed E-state index contributed by atoms with van der Waals surface area (Å²) in [6, 6.07) is 0. The SMILES string of the molecule is COC[C@@H]1C=CCCOC1. The van der Waals surface area contributed by atoms with E-state index in [9.17, 15) is 0 Å². The molecule has 0 N–H and O–H groups in total. The monoisotopic (exact) mass is 142 g/mol. The lowest BCUT2D eigenvalue weighted by molar-refractivity contribution is 0.0823. The van der Waals surface area contributed by atoms with Crippen LogP contribution in [0.3, 0.4) is 0 Å². The van der Waals surface area contributed by atoms with Crippen LogP contribution in [0.4, 0.5) is 0 Å². The minimum absolute atomic E-state index is 0.465. The third-order valence-corrected chi connectivity index (χ3v) is 1.55. The molecule has 0 aromatic carbocycles. The molecule has 1 rings (SSSR count). The number of methoxy groups -OCH3 is 1. The van der Waals surface area contributed by atoms with Gasteiger partial charge in [0, 0.05) is 13.0 Å². The number of hydrogen-bond donors (Lipinski definition) is 0. The highest BCUT2D eigenvalue weighted by molar-refractivity contribution is 4.90. The Morgan fingerprint density at radius 2 is 2.60 bits per heavy atom. The lowest BCUT2D eigenvalue weighted by Gasteiger charge is -2.08. The Balaban J connectivity index is 2.27. The summed E-state index contributed by atoms with van der Waals surface area (Å²) < 4.78 is 10.3. The second-order valence-electron chi connectivity index (χ2n) is 2.51. The molecule has 0 saturated heterocycles. The highest BCUT2D eigenvalue weighted by Crippen LogP contribution is 2.05. The van der Waals surface area contributed by atoms with Crippen LogP contribution in [0.15, 0.2) is 12.2 Å². The van der Waals surface area contributed by atoms with Crippen molar-refractivity contribution in [3.63, 3.8) is 0 Å². The molecule has 1 aliphatic rings. The average Bonchev–Trinajstić information content (AvgIpc) is 2.17. The molecule has 1 atom stereocenters. The van der Waals surface area contributed by atoms with Gasteiger partial charge in [0.2, 0.25) is 0 Å². The van der Waals surface area contributed by atoms with Crippen LogP contribution in [0.1, 0.15) is 6.42 Å². The first-order chi connectivity index (χ1) is 4.93. The van der Waals surface area contributed by atoms with Crippen LogP contribution in [-0.4, -0.2) is 26.9 Å². The normalized spacial score (nSPS) is 26.3. The first-order valence-corrected chi connectivity index (χ1v) is 3.67. The molecule has 0 aliphatic carbocycles. The van der Waals surface area contributed by atoms with Crippen LogP contribution in [-0.2, 0) is 9.47 Å². The zero-order chi connectivity index (χ0) is 7.23. The summed E-state index contributed by atoms with van der Waals surface area (Å²) in [6.07, 6.45) is 5.38. The largest absolute Gasteiger partial charge is 0.384 e. The standard InChI is InChI=1S/C8H14O2/c1-9-6-8-4-2-3-5-10-7-8/h2,4,8H,3,5-7H2,1H3/t8-/m0/s1. The summed E-state index contributed by atoms with van der Waals surface area (Å²) in [5.41, 5.74) is 0. The number of rotatable bonds is 2. The molecule has 1 heterocycles. The summed E-state index contributed by atoms with van der Waals surface area (Å²) in [5, 5.41) is 0. The van der Waals surface area contributed by atoms with Gasteiger partial charge in [0.25, 0.3) is 0 Å². The molecular weight excluding hydrogens is 128 g/mol. The third kappa shape index (κ3) is 2.50. The second kappa shape index (κ2) is 4.47. The van der Waals surface area contributed by atoms with Crippen LogP contribution in [0, 0.1) is 5.92 Å². The van der Waals surface area contributed by atoms with Crippen molar-refractivity contribution in [1.29, 1.82) is 0 Å². The maximum atomic E-state index is 5.32. The topological polar surface area (TPSA) is 18.5 Å². The van der Waals surface area contributed by atoms with Gasteiger partial charge < -0.3 is 9.47 Å². The first-order valence-electron chi connectivity index (χ1n) is 3.67. The fourth-order valence-electron chi connectivity index (χ4n) is 1.05. The predicted octanol–water partition coefficient (Wildman–Crippen LogP) is 1.23. The van der Waals surface area contributed by atoms with Gasteiger partial charge in [-0.1, -0.05) is 12.2 Å². The molecule has 0 aromatic rings. The lowest BCUT2D eigenvalue weighted by Crippen LogP contribution is -2.11. The van der Waals surface area contributed by atoms with E-state index in [1.165, 1.54) is 0 Å². The molecule has 2 nitrogen and oxygen atoms in total. The highest BCUT2D eigenvalue weighted by Gasteiger charge is 2.05. The Morgan fingerprint density at radius 3 is 3.40 bits per heavy atom. The van der Waals surface area contributed by atoms with Crippen LogP contribution >= 0.6 is 0 Å². The van der Waals surface area contributed by atoms with Crippen LogP contribution in [0.2, 0.25) is 0 Å². The molecule has 0 aromatic heterocycles. The van der Waals surface area contributed by atoms with Gasteiger partial charge in [-0.15, -0.1) is 0 Å². The highest BCUT2D eigenvalue weighted by atomic mass is 16.5. The quantitative estimate of drug-likeness (QED) is 0.540. The summed E-state index contributed by atoms with van der Waals surface area (Å²) in [5.74, 6) is 0.465. The summed E-state index contributed by atoms with van der Waals surface area (Å²) in [6.45, 7) is 2.44. The third-order valence-electron chi connectivity index (χ3n) is 1.55. The average molecular weight is 142 g/mol. The van der Waals surface area contributed by atoms with Gasteiger partial charge in [-0.05, 0) is 6.42 Å². The Morgan fingerprint density at radius 1 is 1.70 bits per heavy atom. The van der Waals surface area contributed by atoms with Gasteiger partial charge in [-0.2, -0.15) is 0 Å². The molecule has 0 saturated carbocycles. The van der Waals surface area contributed by atoms with Gasteiger partial charge in [0.1, 0.15) is 0 Å². The van der Waals surface area contributed by atoms with Crippen molar-refractivity contribution in [1.82, 2.24) is 0 Å². The molecular formula is C8H14O2. The van der Waals surface area contributed by atoms with Crippen molar-refractivity contribution in [3.8, 4) is 0 Å². The number of hydrogen-bond acceptors (Lipinski definition) is 2. The smallest absolute Gasteiger partial charge is 0.0551 e. The molecule has 0 amide bonds. The lowest BCUT2D eigenvalue weighted by atomic mass is 10.1. The molecule has 58 valence electrons. The molecule has 2 heteroatoms. The first kappa shape index (κ1) is 7.76. The Kier molecular flexibility index (Phi) is 3.47. The molecule has 0 spiro atoms. The van der Waals surface area contributed by atoms with E-state index in [1.54, 1.807) is 7.11 Å². The molecule has 0 bridgehead atoms. The summed E-state index contributed by atoms with van der Waals surface area (Å²) in [7, 11) is 1.72. The summed E-state index contributed by atoms with van der Waals surface area (Å²) >= 11 is 0. The molecule has 0 unspecified atom stereocenters. The molecule has 1 aliphatic heterocycles. The maximum absolute atomic E-state index is 5.32. The number of ether oxygens (including phenoxy) is 2. The van der Waals surface area contributed by atoms with Gasteiger partial charge in [0.15, 0.2) is 0 Å². The molecule has 0 fully saturated rings. The van der Waals surface area contributed by atoms with Crippen molar-refractivity contribution in [3.05, 3.63) is 12.2 Å². The van der Waals surface area contributed by atoms with E-state index in [0.29, 0.717) is 5.92 Å². The second-order valence-corrected chi connectivity index (χ2v) is 2.51. The van der Waals surface area contributed by atoms with E-state index in [0.717, 1.165) is 26.2 Å². The van der Waals surface area contributed by atoms with Gasteiger partial charge in [-0.3, -0.25) is 0 Å². The summed E-state index contributed by atoms with van der Waals surface area (Å²) in [4.78, 5) is 0. The van der Waals surface area contributed by atoms with Crippen molar-refractivity contribution >= 4 is 0 Å². The van der Waals surface area contributed by atoms with Crippen LogP contribution in [0.25, 0.3) is 0 Å². The van der Waals surface area contributed by atoms with E-state index in [1.807, 2.05) is 0 Å². The van der Waals surface area contributed by atoms with Crippen molar-refractivity contribution < 1.29 is 9.47 Å². The Bertz CT molecular complexity index is 110. The van der Waals surface area contributed by atoms with E-state index in [-0.39, 0.29) is 0 Å². The van der Waals surface area contributed by atoms with Crippen LogP contribution in [0.5, 0.6) is 0 Å². The fraction of sp³-hybridized carbons (Fsp3) is 0.750. The van der Waals surface area contributed by atoms with Gasteiger partial charge >= 0.3 is 0 Å². The van der Waals surface area contributed by atoms with Gasteiger partial charge in [0.05, 0.1) is 19.8 Å². The van der Waals surface area contributed by atoms with E-state index in [4.69, 9.17) is 9.47 Å². The van der Waals surface area contributed by atoms with Crippen molar-refractivity contribution in [2.24, 2.45) is 5.92 Å². The minimum Gasteiger partial charge on any atom is -0.384 e. The van der Waals surface area contributed by atoms with Crippen molar-refractivity contribution in [2.45, 2.75) is 6.42 Å².